The van der Waals surface area contributed by atoms with Crippen LogP contribution in [0.4, 0.5) is 4.39 Å². The average molecular weight is 339 g/mol. The van der Waals surface area contributed by atoms with E-state index in [-0.39, 0.29) is 11.5 Å². The summed E-state index contributed by atoms with van der Waals surface area (Å²) in [4.78, 5) is 16.8. The fraction of sp³-hybridized carbons (Fsp3) is 0.278. The molecule has 6 nitrogen and oxygen atoms in total. The summed E-state index contributed by atoms with van der Waals surface area (Å²) in [5.41, 5.74) is 1.42. The number of hydrogen-bond acceptors (Lipinski definition) is 3. The van der Waals surface area contributed by atoms with Gasteiger partial charge in [-0.2, -0.15) is 5.10 Å². The van der Waals surface area contributed by atoms with Crippen LogP contribution in [0.25, 0.3) is 5.69 Å². The molecular formula is C18H18FN5O. The molecule has 25 heavy (non-hydrogen) atoms. The second-order valence-corrected chi connectivity index (χ2v) is 6.10. The zero-order valence-corrected chi connectivity index (χ0v) is 13.7. The van der Waals surface area contributed by atoms with Crippen molar-refractivity contribution in [2.24, 2.45) is 0 Å². The second kappa shape index (κ2) is 6.51. The minimum Gasteiger partial charge on any atom is -0.346 e. The van der Waals surface area contributed by atoms with Gasteiger partial charge in [-0.25, -0.2) is 14.1 Å². The number of amides is 1. The number of nitrogens with zero attached hydrogens (tertiary/aromatic N) is 4. The van der Waals surface area contributed by atoms with Crippen molar-refractivity contribution in [3.05, 3.63) is 65.8 Å². The van der Waals surface area contributed by atoms with Gasteiger partial charge < -0.3 is 9.88 Å². The van der Waals surface area contributed by atoms with E-state index in [0.717, 1.165) is 37.3 Å². The highest BCUT2D eigenvalue weighted by molar-refractivity contribution is 5.94. The van der Waals surface area contributed by atoms with Crippen LogP contribution in [0.3, 0.4) is 0 Å². The molecule has 2 aromatic heterocycles. The molecule has 4 rings (SSSR count). The number of halogens is 1. The maximum absolute atomic E-state index is 14.2. The van der Waals surface area contributed by atoms with Crippen molar-refractivity contribution in [2.75, 3.05) is 0 Å². The van der Waals surface area contributed by atoms with E-state index < -0.39 is 5.82 Å². The summed E-state index contributed by atoms with van der Waals surface area (Å²) >= 11 is 0. The van der Waals surface area contributed by atoms with E-state index in [0.29, 0.717) is 12.2 Å². The maximum Gasteiger partial charge on any atom is 0.251 e. The van der Waals surface area contributed by atoms with Gasteiger partial charge in [-0.1, -0.05) is 0 Å². The molecule has 1 N–H and O–H groups in total. The van der Waals surface area contributed by atoms with Crippen LogP contribution in [0.1, 0.15) is 34.7 Å². The number of nitrogens with one attached hydrogen (secondary N) is 1. The number of carbonyl (C=O) groups is 1. The van der Waals surface area contributed by atoms with Crippen molar-refractivity contribution in [3.63, 3.8) is 0 Å². The van der Waals surface area contributed by atoms with Gasteiger partial charge in [-0.05, 0) is 37.1 Å². The van der Waals surface area contributed by atoms with Gasteiger partial charge in [0.25, 0.3) is 5.91 Å². The van der Waals surface area contributed by atoms with Gasteiger partial charge in [0, 0.05) is 37.1 Å². The molecule has 128 valence electrons. The SMILES string of the molecule is O=C(NCc1cn2c(n1)CCCC2)c1ccc(-n2cccn2)c(F)c1. The first kappa shape index (κ1) is 15.6. The Balaban J connectivity index is 1.44. The molecule has 7 heteroatoms. The molecule has 0 bridgehead atoms. The minimum atomic E-state index is -0.492. The van der Waals surface area contributed by atoms with Crippen molar-refractivity contribution in [2.45, 2.75) is 32.4 Å². The molecule has 0 saturated heterocycles. The summed E-state index contributed by atoms with van der Waals surface area (Å²) in [5, 5.41) is 6.80. The largest absolute Gasteiger partial charge is 0.346 e. The molecule has 1 aliphatic rings. The van der Waals surface area contributed by atoms with Gasteiger partial charge in [0.15, 0.2) is 0 Å². The van der Waals surface area contributed by atoms with E-state index in [1.54, 1.807) is 30.6 Å². The van der Waals surface area contributed by atoms with Gasteiger partial charge in [-0.3, -0.25) is 4.79 Å². The quantitative estimate of drug-likeness (QED) is 0.794. The van der Waals surface area contributed by atoms with Crippen molar-refractivity contribution in [3.8, 4) is 5.69 Å². The Morgan fingerprint density at radius 3 is 3.00 bits per heavy atom. The van der Waals surface area contributed by atoms with Crippen molar-refractivity contribution in [1.82, 2.24) is 24.6 Å². The second-order valence-electron chi connectivity index (χ2n) is 6.10. The van der Waals surface area contributed by atoms with Crippen molar-refractivity contribution in [1.29, 1.82) is 0 Å². The third-order valence-corrected chi connectivity index (χ3v) is 4.35. The number of fused-ring (bicyclic) bond motifs is 1. The molecule has 0 unspecified atom stereocenters. The first-order valence-corrected chi connectivity index (χ1v) is 8.33. The molecule has 0 fully saturated rings. The Kier molecular flexibility index (Phi) is 4.05. The van der Waals surface area contributed by atoms with Crippen LogP contribution < -0.4 is 5.32 Å². The monoisotopic (exact) mass is 339 g/mol. The summed E-state index contributed by atoms with van der Waals surface area (Å²) in [6.45, 7) is 1.32. The molecule has 0 saturated carbocycles. The third-order valence-electron chi connectivity index (χ3n) is 4.35. The van der Waals surface area contributed by atoms with Gasteiger partial charge >= 0.3 is 0 Å². The highest BCUT2D eigenvalue weighted by Gasteiger charge is 2.14. The lowest BCUT2D eigenvalue weighted by molar-refractivity contribution is 0.0950. The molecule has 0 atom stereocenters. The number of imidazole rings is 1. The van der Waals surface area contributed by atoms with Gasteiger partial charge in [0.1, 0.15) is 17.3 Å². The zero-order valence-electron chi connectivity index (χ0n) is 13.7. The fourth-order valence-corrected chi connectivity index (χ4v) is 3.07. The Hall–Kier alpha value is -2.96. The lowest BCUT2D eigenvalue weighted by Crippen LogP contribution is -2.23. The van der Waals surface area contributed by atoms with Crippen LogP contribution in [0, 0.1) is 5.82 Å². The summed E-state index contributed by atoms with van der Waals surface area (Å²) < 4.78 is 17.8. The molecule has 3 heterocycles. The molecular weight excluding hydrogens is 321 g/mol. The Morgan fingerprint density at radius 1 is 1.32 bits per heavy atom. The van der Waals surface area contributed by atoms with Gasteiger partial charge in [0.2, 0.25) is 0 Å². The third kappa shape index (κ3) is 3.17. The molecule has 0 radical (unpaired) electrons. The molecule has 0 aliphatic carbocycles. The molecule has 1 aliphatic heterocycles. The van der Waals surface area contributed by atoms with Crippen LogP contribution in [0.2, 0.25) is 0 Å². The standard InChI is InChI=1S/C18H18FN5O/c19-15-10-13(5-6-16(15)24-9-3-7-21-24)18(25)20-11-14-12-23-8-2-1-4-17(23)22-14/h3,5-7,9-10,12H,1-2,4,8,11H2,(H,20,25). The number of hydrogen-bond donors (Lipinski definition) is 1. The topological polar surface area (TPSA) is 64.7 Å². The Morgan fingerprint density at radius 2 is 2.24 bits per heavy atom. The number of rotatable bonds is 4. The number of benzene rings is 1. The van der Waals surface area contributed by atoms with E-state index in [4.69, 9.17) is 0 Å². The van der Waals surface area contributed by atoms with Crippen LogP contribution in [-0.2, 0) is 19.5 Å². The van der Waals surface area contributed by atoms with Crippen molar-refractivity contribution < 1.29 is 9.18 Å². The molecule has 1 amide bonds. The van der Waals surface area contributed by atoms with E-state index in [1.165, 1.54) is 10.7 Å². The fourth-order valence-electron chi connectivity index (χ4n) is 3.07. The Labute approximate surface area is 144 Å². The number of carbonyl (C=O) groups excluding carboxylic acids is 1. The van der Waals surface area contributed by atoms with E-state index >= 15 is 0 Å². The lowest BCUT2D eigenvalue weighted by Gasteiger charge is -2.11. The summed E-state index contributed by atoms with van der Waals surface area (Å²) in [5.74, 6) is 0.260. The highest BCUT2D eigenvalue weighted by atomic mass is 19.1. The van der Waals surface area contributed by atoms with Gasteiger partial charge in [0.05, 0.1) is 12.2 Å². The van der Waals surface area contributed by atoms with E-state index in [9.17, 15) is 9.18 Å². The molecule has 1 aromatic carbocycles. The van der Waals surface area contributed by atoms with Gasteiger partial charge in [-0.15, -0.1) is 0 Å². The van der Waals surface area contributed by atoms with E-state index in [2.05, 4.69) is 20.0 Å². The first-order valence-electron chi connectivity index (χ1n) is 8.33. The van der Waals surface area contributed by atoms with Crippen molar-refractivity contribution >= 4 is 5.91 Å². The summed E-state index contributed by atoms with van der Waals surface area (Å²) in [6.07, 6.45) is 8.51. The predicted molar refractivity (Wildman–Crippen MR) is 89.9 cm³/mol. The number of aromatic nitrogens is 4. The van der Waals surface area contributed by atoms with E-state index in [1.807, 2.05) is 6.20 Å². The smallest absolute Gasteiger partial charge is 0.251 e. The molecule has 3 aromatic rings. The van der Waals surface area contributed by atoms with Crippen LogP contribution >= 0.6 is 0 Å². The highest BCUT2D eigenvalue weighted by Crippen LogP contribution is 2.16. The number of aryl methyl sites for hydroxylation is 2. The Bertz CT molecular complexity index is 877. The summed E-state index contributed by atoms with van der Waals surface area (Å²) in [6, 6.07) is 6.08. The van der Waals surface area contributed by atoms with Crippen LogP contribution in [0.5, 0.6) is 0 Å². The van der Waals surface area contributed by atoms with Crippen LogP contribution in [0.15, 0.2) is 42.9 Å². The average Bonchev–Trinajstić information content (AvgIpc) is 3.28. The molecule has 0 spiro atoms. The first-order chi connectivity index (χ1) is 12.2. The predicted octanol–water partition coefficient (Wildman–Crippen LogP) is 2.47. The lowest BCUT2D eigenvalue weighted by atomic mass is 10.2. The van der Waals surface area contributed by atoms with Crippen LogP contribution in [-0.4, -0.2) is 25.2 Å². The summed E-state index contributed by atoms with van der Waals surface area (Å²) in [7, 11) is 0. The maximum atomic E-state index is 14.2. The zero-order chi connectivity index (χ0) is 17.2. The normalized spacial score (nSPS) is 13.5. The minimum absolute atomic E-state index is 0.275.